The van der Waals surface area contributed by atoms with Gasteiger partial charge in [0.2, 0.25) is 10.0 Å². The summed E-state index contributed by atoms with van der Waals surface area (Å²) in [6.07, 6.45) is 0.800. The highest BCUT2D eigenvalue weighted by Crippen LogP contribution is 2.30. The average molecular weight is 308 g/mol. The number of hydrogen-bond acceptors (Lipinski definition) is 4. The molecule has 0 spiro atoms. The summed E-state index contributed by atoms with van der Waals surface area (Å²) in [6.45, 7) is 1.02. The number of nitrogens with one attached hydrogen (secondary N) is 1. The highest BCUT2D eigenvalue weighted by molar-refractivity contribution is 7.89. The average Bonchev–Trinajstić information content (AvgIpc) is 2.94. The third kappa shape index (κ3) is 2.24. The van der Waals surface area contributed by atoms with Crippen LogP contribution < -0.4 is 5.32 Å². The Hall–Kier alpha value is -1.37. The smallest absolute Gasteiger partial charge is 0.245 e. The second-order valence-corrected chi connectivity index (χ2v) is 7.61. The lowest BCUT2D eigenvalue weighted by atomic mass is 10.1. The van der Waals surface area contributed by atoms with Gasteiger partial charge in [0, 0.05) is 25.0 Å². The normalized spacial score (nSPS) is 15.8. The van der Waals surface area contributed by atoms with Crippen molar-refractivity contribution in [2.45, 2.75) is 17.9 Å². The molecule has 20 heavy (non-hydrogen) atoms. The Kier molecular flexibility index (Phi) is 3.54. The Labute approximate surface area is 123 Å². The lowest BCUT2D eigenvalue weighted by Gasteiger charge is -2.27. The van der Waals surface area contributed by atoms with Crippen molar-refractivity contribution in [2.24, 2.45) is 0 Å². The van der Waals surface area contributed by atoms with Crippen LogP contribution in [0.1, 0.15) is 10.4 Å². The van der Waals surface area contributed by atoms with Gasteiger partial charge in [0.25, 0.3) is 0 Å². The first-order chi connectivity index (χ1) is 9.63. The lowest BCUT2D eigenvalue weighted by molar-refractivity contribution is 0.394. The molecule has 0 radical (unpaired) electrons. The summed E-state index contributed by atoms with van der Waals surface area (Å²) in [7, 11) is -1.71. The lowest BCUT2D eigenvalue weighted by Crippen LogP contribution is -2.35. The quantitative estimate of drug-likeness (QED) is 0.948. The van der Waals surface area contributed by atoms with Crippen LogP contribution in [0.5, 0.6) is 0 Å². The number of nitrogens with zero attached hydrogens (tertiary/aromatic N) is 1. The van der Waals surface area contributed by atoms with E-state index in [2.05, 4.69) is 5.32 Å². The third-order valence-corrected chi connectivity index (χ3v) is 6.47. The first-order valence-corrected chi connectivity index (χ1v) is 8.77. The monoisotopic (exact) mass is 308 g/mol. The van der Waals surface area contributed by atoms with E-state index < -0.39 is 10.0 Å². The van der Waals surface area contributed by atoms with Gasteiger partial charge >= 0.3 is 0 Å². The Morgan fingerprint density at radius 3 is 2.85 bits per heavy atom. The summed E-state index contributed by atoms with van der Waals surface area (Å²) in [6, 6.07) is 9.05. The zero-order valence-corrected chi connectivity index (χ0v) is 12.8. The molecule has 2 heterocycles. The maximum Gasteiger partial charge on any atom is 0.245 e. The summed E-state index contributed by atoms with van der Waals surface area (Å²) in [4.78, 5) is 1.65. The highest BCUT2D eigenvalue weighted by Gasteiger charge is 2.30. The fourth-order valence-electron chi connectivity index (χ4n) is 2.46. The van der Waals surface area contributed by atoms with Gasteiger partial charge in [-0.2, -0.15) is 4.31 Å². The second-order valence-electron chi connectivity index (χ2n) is 4.70. The molecule has 106 valence electrons. The van der Waals surface area contributed by atoms with Gasteiger partial charge in [0.05, 0.1) is 5.69 Å². The van der Waals surface area contributed by atoms with Gasteiger partial charge in [-0.05, 0) is 35.6 Å². The molecule has 0 unspecified atom stereocenters. The number of hydrogen-bond donors (Lipinski definition) is 1. The molecule has 2 aromatic rings. The van der Waals surface area contributed by atoms with Crippen molar-refractivity contribution in [3.05, 3.63) is 46.2 Å². The van der Waals surface area contributed by atoms with E-state index >= 15 is 0 Å². The number of anilines is 1. The van der Waals surface area contributed by atoms with Crippen molar-refractivity contribution in [1.82, 2.24) is 4.31 Å². The van der Waals surface area contributed by atoms with Gasteiger partial charge in [0.1, 0.15) is 4.90 Å². The Balaban J connectivity index is 1.97. The minimum atomic E-state index is -3.45. The summed E-state index contributed by atoms with van der Waals surface area (Å²) < 4.78 is 27.1. The van der Waals surface area contributed by atoms with Gasteiger partial charge < -0.3 is 5.32 Å². The SMILES string of the molecule is CNc1ccccc1S(=O)(=O)N1CCc2sccc2C1. The fraction of sp³-hybridized carbons (Fsp3) is 0.286. The van der Waals surface area contributed by atoms with E-state index in [1.54, 1.807) is 40.9 Å². The van der Waals surface area contributed by atoms with Crippen LogP contribution in [0.2, 0.25) is 0 Å². The van der Waals surface area contributed by atoms with Gasteiger partial charge in [-0.3, -0.25) is 0 Å². The van der Waals surface area contributed by atoms with Crippen molar-refractivity contribution >= 4 is 27.0 Å². The molecule has 0 atom stereocenters. The molecule has 6 heteroatoms. The minimum Gasteiger partial charge on any atom is -0.387 e. The summed E-state index contributed by atoms with van der Waals surface area (Å²) >= 11 is 1.71. The molecule has 0 saturated carbocycles. The van der Waals surface area contributed by atoms with E-state index in [0.29, 0.717) is 23.7 Å². The van der Waals surface area contributed by atoms with Crippen LogP contribution in [0.15, 0.2) is 40.6 Å². The molecule has 1 aromatic carbocycles. The van der Waals surface area contributed by atoms with E-state index in [9.17, 15) is 8.42 Å². The molecule has 1 aromatic heterocycles. The van der Waals surface area contributed by atoms with E-state index in [1.165, 1.54) is 4.88 Å². The maximum absolute atomic E-state index is 12.8. The molecule has 1 aliphatic rings. The van der Waals surface area contributed by atoms with Crippen LogP contribution in [0.4, 0.5) is 5.69 Å². The van der Waals surface area contributed by atoms with Gasteiger partial charge in [-0.25, -0.2) is 8.42 Å². The maximum atomic E-state index is 12.8. The van der Waals surface area contributed by atoms with Gasteiger partial charge in [-0.15, -0.1) is 11.3 Å². The summed E-state index contributed by atoms with van der Waals surface area (Å²) in [5.74, 6) is 0. The van der Waals surface area contributed by atoms with Crippen LogP contribution in [0, 0.1) is 0 Å². The number of benzene rings is 1. The van der Waals surface area contributed by atoms with Crippen LogP contribution in [0.25, 0.3) is 0 Å². The molecule has 1 aliphatic heterocycles. The Morgan fingerprint density at radius 2 is 2.05 bits per heavy atom. The number of thiophene rings is 1. The molecule has 0 aliphatic carbocycles. The molecule has 0 saturated heterocycles. The van der Waals surface area contributed by atoms with Gasteiger partial charge in [0.15, 0.2) is 0 Å². The Bertz CT molecular complexity index is 722. The van der Waals surface area contributed by atoms with Crippen molar-refractivity contribution in [2.75, 3.05) is 18.9 Å². The van der Waals surface area contributed by atoms with Crippen molar-refractivity contribution in [3.63, 3.8) is 0 Å². The molecular formula is C14H16N2O2S2. The Morgan fingerprint density at radius 1 is 1.25 bits per heavy atom. The molecule has 1 N–H and O–H groups in total. The zero-order chi connectivity index (χ0) is 14.2. The number of rotatable bonds is 3. The topological polar surface area (TPSA) is 49.4 Å². The van der Waals surface area contributed by atoms with E-state index in [0.717, 1.165) is 12.0 Å². The van der Waals surface area contributed by atoms with Crippen molar-refractivity contribution in [1.29, 1.82) is 0 Å². The molecule has 0 amide bonds. The largest absolute Gasteiger partial charge is 0.387 e. The number of para-hydroxylation sites is 1. The predicted octanol–water partition coefficient (Wildman–Crippen LogP) is 2.54. The molecule has 4 nitrogen and oxygen atoms in total. The van der Waals surface area contributed by atoms with Crippen molar-refractivity contribution < 1.29 is 8.42 Å². The van der Waals surface area contributed by atoms with Gasteiger partial charge in [-0.1, -0.05) is 12.1 Å². The van der Waals surface area contributed by atoms with E-state index in [-0.39, 0.29) is 0 Å². The summed E-state index contributed by atoms with van der Waals surface area (Å²) in [5, 5.41) is 4.98. The predicted molar refractivity (Wildman–Crippen MR) is 81.6 cm³/mol. The zero-order valence-electron chi connectivity index (χ0n) is 11.2. The fourth-order valence-corrected chi connectivity index (χ4v) is 4.97. The van der Waals surface area contributed by atoms with E-state index in [4.69, 9.17) is 0 Å². The van der Waals surface area contributed by atoms with E-state index in [1.807, 2.05) is 17.5 Å². The third-order valence-electron chi connectivity index (χ3n) is 3.55. The first kappa shape index (κ1) is 13.6. The second kappa shape index (κ2) is 5.20. The molecule has 0 fully saturated rings. The van der Waals surface area contributed by atoms with Crippen LogP contribution in [0.3, 0.4) is 0 Å². The molecule has 0 bridgehead atoms. The van der Waals surface area contributed by atoms with Crippen LogP contribution in [-0.4, -0.2) is 26.3 Å². The number of fused-ring (bicyclic) bond motifs is 1. The molecular weight excluding hydrogens is 292 g/mol. The van der Waals surface area contributed by atoms with Crippen LogP contribution >= 0.6 is 11.3 Å². The minimum absolute atomic E-state index is 0.348. The summed E-state index contributed by atoms with van der Waals surface area (Å²) in [5.41, 5.74) is 1.77. The highest BCUT2D eigenvalue weighted by atomic mass is 32.2. The van der Waals surface area contributed by atoms with Crippen molar-refractivity contribution in [3.8, 4) is 0 Å². The molecule has 3 rings (SSSR count). The standard InChI is InChI=1S/C14H16N2O2S2/c1-15-12-4-2-3-5-14(12)20(17,18)16-8-6-13-11(10-16)7-9-19-13/h2-5,7,9,15H,6,8,10H2,1H3. The first-order valence-electron chi connectivity index (χ1n) is 6.45. The number of sulfonamides is 1. The van der Waals surface area contributed by atoms with Crippen LogP contribution in [-0.2, 0) is 23.0 Å².